The van der Waals surface area contributed by atoms with Gasteiger partial charge in [-0.2, -0.15) is 17.9 Å². The summed E-state index contributed by atoms with van der Waals surface area (Å²) in [5.74, 6) is -0.589. The fourth-order valence-electron chi connectivity index (χ4n) is 2.80. The van der Waals surface area contributed by atoms with Crippen molar-refractivity contribution in [3.05, 3.63) is 51.0 Å². The minimum Gasteiger partial charge on any atom is -0.310 e. The van der Waals surface area contributed by atoms with Gasteiger partial charge in [0.05, 0.1) is 17.4 Å². The fourth-order valence-corrected chi connectivity index (χ4v) is 2.99. The van der Waals surface area contributed by atoms with Crippen LogP contribution in [0.3, 0.4) is 0 Å². The van der Waals surface area contributed by atoms with E-state index in [1.807, 2.05) is 6.92 Å². The van der Waals surface area contributed by atoms with Gasteiger partial charge in [0, 0.05) is 7.05 Å². The average Bonchev–Trinajstić information content (AvgIpc) is 2.89. The van der Waals surface area contributed by atoms with Crippen LogP contribution in [0.25, 0.3) is 10.9 Å². The highest BCUT2D eigenvalue weighted by Gasteiger charge is 2.37. The molecule has 1 unspecified atom stereocenters. The predicted octanol–water partition coefficient (Wildman–Crippen LogP) is 1.27. The Morgan fingerprint density at radius 2 is 2.00 bits per heavy atom. The Bertz CT molecular complexity index is 1080. The van der Waals surface area contributed by atoms with Crippen LogP contribution in [0.5, 0.6) is 0 Å². The van der Waals surface area contributed by atoms with Crippen molar-refractivity contribution in [1.29, 1.82) is 0 Å². The van der Waals surface area contributed by atoms with Gasteiger partial charge in [0.25, 0.3) is 5.56 Å². The second kappa shape index (κ2) is 7.24. The van der Waals surface area contributed by atoms with E-state index >= 15 is 0 Å². The molecule has 3 aromatic rings. The van der Waals surface area contributed by atoms with Crippen molar-refractivity contribution in [1.82, 2.24) is 24.3 Å². The topological polar surface area (TPSA) is 72.9 Å². The van der Waals surface area contributed by atoms with Crippen molar-refractivity contribution in [2.75, 3.05) is 6.54 Å². The number of aromatic amines is 1. The van der Waals surface area contributed by atoms with E-state index in [0.29, 0.717) is 29.8 Å². The predicted molar refractivity (Wildman–Crippen MR) is 94.6 cm³/mol. The average molecular weight is 399 g/mol. The maximum Gasteiger partial charge on any atom is 0.451 e. The molecule has 0 aliphatic carbocycles. The van der Waals surface area contributed by atoms with E-state index < -0.39 is 12.0 Å². The number of hydrogen-bond donors (Lipinski definition) is 2. The maximum absolute atomic E-state index is 13.0. The number of quaternary nitrogens is 1. The minimum atomic E-state index is -4.58. The summed E-state index contributed by atoms with van der Waals surface area (Å²) in [6, 6.07) is 6.96. The molecule has 0 spiro atoms. The maximum atomic E-state index is 13.0. The molecule has 0 fully saturated rings. The van der Waals surface area contributed by atoms with E-state index in [9.17, 15) is 18.0 Å². The number of halogens is 3. The van der Waals surface area contributed by atoms with Gasteiger partial charge in [-0.25, -0.2) is 4.98 Å². The Hall–Kier alpha value is -2.53. The van der Waals surface area contributed by atoms with Crippen LogP contribution in [0.1, 0.15) is 18.6 Å². The molecule has 1 aromatic carbocycles. The van der Waals surface area contributed by atoms with E-state index in [4.69, 9.17) is 12.2 Å². The lowest BCUT2D eigenvalue weighted by molar-refractivity contribution is -0.936. The Labute approximate surface area is 157 Å². The zero-order valence-electron chi connectivity index (χ0n) is 14.7. The summed E-state index contributed by atoms with van der Waals surface area (Å²) in [6.45, 7) is 2.90. The van der Waals surface area contributed by atoms with Crippen molar-refractivity contribution >= 4 is 23.1 Å². The molecule has 27 heavy (non-hydrogen) atoms. The third kappa shape index (κ3) is 3.93. The van der Waals surface area contributed by atoms with Crippen molar-refractivity contribution < 1.29 is 18.1 Å². The van der Waals surface area contributed by atoms with Gasteiger partial charge in [0.1, 0.15) is 6.54 Å². The standard InChI is InChI=1S/C16H17F3N6OS/c1-3-24(9-25-15(27)23(2)14(22-25)16(17,18)19)8-12-20-11-7-5-4-6-10(11)13(26)21-12/h4-7H,3,8-9H2,1-2H3,(H,20,21,26)/p+1. The van der Waals surface area contributed by atoms with Gasteiger partial charge in [0.2, 0.25) is 10.6 Å². The first kappa shape index (κ1) is 19.2. The Morgan fingerprint density at radius 1 is 1.30 bits per heavy atom. The summed E-state index contributed by atoms with van der Waals surface area (Å²) in [4.78, 5) is 20.2. The zero-order valence-corrected chi connectivity index (χ0v) is 15.5. The molecule has 1 atom stereocenters. The van der Waals surface area contributed by atoms with Crippen LogP contribution in [0.2, 0.25) is 0 Å². The number of H-pyrrole nitrogens is 1. The summed E-state index contributed by atoms with van der Waals surface area (Å²) >= 11 is 5.07. The summed E-state index contributed by atoms with van der Waals surface area (Å²) < 4.78 is 41.0. The molecule has 0 aliphatic heterocycles. The summed E-state index contributed by atoms with van der Waals surface area (Å²) in [6.07, 6.45) is -4.58. The zero-order chi connectivity index (χ0) is 19.8. The molecule has 2 N–H and O–H groups in total. The van der Waals surface area contributed by atoms with Crippen LogP contribution >= 0.6 is 12.2 Å². The lowest BCUT2D eigenvalue weighted by Crippen LogP contribution is -3.09. The number of benzene rings is 1. The monoisotopic (exact) mass is 399 g/mol. The van der Waals surface area contributed by atoms with Crippen LogP contribution in [0.15, 0.2) is 29.1 Å². The Balaban J connectivity index is 1.87. The van der Waals surface area contributed by atoms with Gasteiger partial charge in [-0.15, -0.1) is 5.10 Å². The third-order valence-electron chi connectivity index (χ3n) is 4.25. The number of rotatable bonds is 5. The van der Waals surface area contributed by atoms with Gasteiger partial charge >= 0.3 is 6.18 Å². The molecule has 2 aromatic heterocycles. The van der Waals surface area contributed by atoms with Crippen LogP contribution < -0.4 is 10.5 Å². The summed E-state index contributed by atoms with van der Waals surface area (Å²) in [5, 5.41) is 4.10. The van der Waals surface area contributed by atoms with E-state index in [1.54, 1.807) is 24.3 Å². The number of alkyl halides is 3. The molecule has 11 heteroatoms. The highest BCUT2D eigenvalue weighted by molar-refractivity contribution is 7.71. The molecule has 0 bridgehead atoms. The smallest absolute Gasteiger partial charge is 0.310 e. The number of fused-ring (bicyclic) bond motifs is 1. The number of para-hydroxylation sites is 1. The quantitative estimate of drug-likeness (QED) is 0.634. The van der Waals surface area contributed by atoms with E-state index in [2.05, 4.69) is 15.1 Å². The molecule has 0 radical (unpaired) electrons. The fraction of sp³-hybridized carbons (Fsp3) is 0.375. The van der Waals surface area contributed by atoms with Gasteiger partial charge in [-0.05, 0) is 31.3 Å². The van der Waals surface area contributed by atoms with Crippen LogP contribution in [-0.2, 0) is 26.4 Å². The highest BCUT2D eigenvalue weighted by atomic mass is 32.1. The number of hydrogen-bond acceptors (Lipinski definition) is 4. The largest absolute Gasteiger partial charge is 0.451 e. The van der Waals surface area contributed by atoms with Crippen molar-refractivity contribution in [3.63, 3.8) is 0 Å². The molecule has 144 valence electrons. The van der Waals surface area contributed by atoms with Gasteiger partial charge in [-0.3, -0.25) is 9.36 Å². The van der Waals surface area contributed by atoms with Gasteiger partial charge in [0.15, 0.2) is 12.5 Å². The SMILES string of the molecule is CC[NH+](Cc1nc2ccccc2c(=O)[nH]1)Cn1nc(C(F)(F)F)n(C)c1=S. The van der Waals surface area contributed by atoms with Crippen molar-refractivity contribution in [2.45, 2.75) is 26.3 Å². The van der Waals surface area contributed by atoms with E-state index in [-0.39, 0.29) is 17.0 Å². The van der Waals surface area contributed by atoms with Crippen LogP contribution in [0.4, 0.5) is 13.2 Å². The van der Waals surface area contributed by atoms with Crippen LogP contribution in [0, 0.1) is 4.77 Å². The molecule has 3 rings (SSSR count). The second-order valence-electron chi connectivity index (χ2n) is 6.13. The first-order chi connectivity index (χ1) is 12.7. The van der Waals surface area contributed by atoms with E-state index in [1.165, 1.54) is 7.05 Å². The number of aromatic nitrogens is 5. The molecule has 0 saturated heterocycles. The summed E-state index contributed by atoms with van der Waals surface area (Å²) in [7, 11) is 1.24. The van der Waals surface area contributed by atoms with Crippen LogP contribution in [-0.4, -0.2) is 30.9 Å². The van der Waals surface area contributed by atoms with E-state index in [0.717, 1.165) is 14.1 Å². The molecule has 0 aliphatic rings. The minimum absolute atomic E-state index is 0.0201. The molecular formula is C16H18F3N6OS+. The second-order valence-corrected chi connectivity index (χ2v) is 6.50. The Morgan fingerprint density at radius 3 is 2.63 bits per heavy atom. The third-order valence-corrected chi connectivity index (χ3v) is 4.73. The molecule has 0 amide bonds. The van der Waals surface area contributed by atoms with Gasteiger partial charge < -0.3 is 9.88 Å². The molecule has 0 saturated carbocycles. The lowest BCUT2D eigenvalue weighted by atomic mass is 10.2. The lowest BCUT2D eigenvalue weighted by Gasteiger charge is -2.16. The highest BCUT2D eigenvalue weighted by Crippen LogP contribution is 2.27. The summed E-state index contributed by atoms with van der Waals surface area (Å²) in [5.41, 5.74) is 0.320. The normalized spacial score (nSPS) is 13.2. The molecular weight excluding hydrogens is 381 g/mol. The first-order valence-corrected chi connectivity index (χ1v) is 8.64. The Kier molecular flexibility index (Phi) is 5.16. The van der Waals surface area contributed by atoms with Crippen molar-refractivity contribution in [2.24, 2.45) is 7.05 Å². The van der Waals surface area contributed by atoms with Crippen molar-refractivity contribution in [3.8, 4) is 0 Å². The van der Waals surface area contributed by atoms with Gasteiger partial charge in [-0.1, -0.05) is 12.1 Å². The number of nitrogens with zero attached hydrogens (tertiary/aromatic N) is 4. The molecule has 2 heterocycles. The first-order valence-electron chi connectivity index (χ1n) is 8.23. The molecule has 7 nitrogen and oxygen atoms in total. The number of nitrogens with one attached hydrogen (secondary N) is 2.